The molecule has 8 nitrogen and oxygen atoms in total. The molecule has 0 aromatic rings. The third-order valence-electron chi connectivity index (χ3n) is 1.35. The van der Waals surface area contributed by atoms with E-state index in [-0.39, 0.29) is 18.2 Å². The van der Waals surface area contributed by atoms with Gasteiger partial charge in [-0.05, 0) is 0 Å². The van der Waals surface area contributed by atoms with Gasteiger partial charge in [-0.1, -0.05) is 0 Å². The van der Waals surface area contributed by atoms with Gasteiger partial charge < -0.3 is 0 Å². The molecule has 1 aliphatic rings. The zero-order valence-corrected chi connectivity index (χ0v) is 7.26. The number of rotatable bonds is 2. The van der Waals surface area contributed by atoms with Crippen molar-refractivity contribution in [3.8, 4) is 0 Å². The zero-order chi connectivity index (χ0) is 9.35. The van der Waals surface area contributed by atoms with Crippen molar-refractivity contribution in [3.05, 3.63) is 20.2 Å². The van der Waals surface area contributed by atoms with Crippen LogP contribution >= 0.6 is 15.9 Å². The predicted octanol–water partition coefficient (Wildman–Crippen LogP) is 0.141. The average Bonchev–Trinajstić information content (AvgIpc) is 2.32. The van der Waals surface area contributed by atoms with Gasteiger partial charge in [-0.15, -0.1) is 0 Å². The second kappa shape index (κ2) is 2.83. The van der Waals surface area contributed by atoms with Gasteiger partial charge in [0.25, 0.3) is 0 Å². The van der Waals surface area contributed by atoms with E-state index < -0.39 is 14.5 Å². The number of halogens is 1. The summed E-state index contributed by atoms with van der Waals surface area (Å²) in [6, 6.07) is 0. The Balaban J connectivity index is 2.89. The van der Waals surface area contributed by atoms with Crippen molar-refractivity contribution in [2.45, 2.75) is 11.0 Å². The molecule has 1 rings (SSSR count). The van der Waals surface area contributed by atoms with Gasteiger partial charge in [0.1, 0.15) is 0 Å². The van der Waals surface area contributed by atoms with Crippen LogP contribution in [0.4, 0.5) is 0 Å². The molecular weight excluding hydrogens is 238 g/mol. The largest absolute Gasteiger partial charge is 0.428 e. The van der Waals surface area contributed by atoms with E-state index in [9.17, 15) is 20.2 Å². The minimum atomic E-state index is -1.92. The summed E-state index contributed by atoms with van der Waals surface area (Å²) < 4.78 is -1.92. The molecule has 0 saturated carbocycles. The van der Waals surface area contributed by atoms with Crippen LogP contribution in [0.2, 0.25) is 0 Å². The number of nitrogens with zero attached hydrogens (tertiary/aromatic N) is 3. The van der Waals surface area contributed by atoms with Crippen LogP contribution in [-0.2, 0) is 4.84 Å². The van der Waals surface area contributed by atoms with Gasteiger partial charge in [0.05, 0.1) is 23.1 Å². The Morgan fingerprint density at radius 1 is 1.50 bits per heavy atom. The summed E-state index contributed by atoms with van der Waals surface area (Å²) in [5.74, 6) is 0. The van der Waals surface area contributed by atoms with Crippen LogP contribution in [0.15, 0.2) is 0 Å². The maximum Gasteiger partial charge on any atom is 0.428 e. The van der Waals surface area contributed by atoms with E-state index in [4.69, 9.17) is 0 Å². The van der Waals surface area contributed by atoms with Crippen LogP contribution < -0.4 is 0 Å². The summed E-state index contributed by atoms with van der Waals surface area (Å²) in [5.41, 5.74) is 0. The topological polar surface area (TPSA) is 98.8 Å². The smallest absolute Gasteiger partial charge is 0.261 e. The molecule has 0 aromatic carbocycles. The first kappa shape index (κ1) is 9.13. The highest BCUT2D eigenvalue weighted by Gasteiger charge is 2.59. The lowest BCUT2D eigenvalue weighted by Crippen LogP contribution is -2.47. The van der Waals surface area contributed by atoms with Crippen molar-refractivity contribution in [2.24, 2.45) is 0 Å². The number of alkyl halides is 1. The van der Waals surface area contributed by atoms with Gasteiger partial charge in [-0.3, -0.25) is 10.1 Å². The second-order valence-electron chi connectivity index (χ2n) is 2.07. The fourth-order valence-corrected chi connectivity index (χ4v) is 1.18. The lowest BCUT2D eigenvalue weighted by atomic mass is 10.4. The molecule has 0 amide bonds. The molecule has 0 aliphatic carbocycles. The number of hydrogen-bond acceptors (Lipinski definition) is 5. The monoisotopic (exact) mass is 241 g/mol. The van der Waals surface area contributed by atoms with Gasteiger partial charge >= 0.3 is 4.57 Å². The van der Waals surface area contributed by atoms with Crippen LogP contribution in [0.3, 0.4) is 0 Å². The molecule has 0 radical (unpaired) electrons. The summed E-state index contributed by atoms with van der Waals surface area (Å²) >= 11 is 2.64. The minimum absolute atomic E-state index is 0.0484. The van der Waals surface area contributed by atoms with E-state index in [1.807, 2.05) is 0 Å². The summed E-state index contributed by atoms with van der Waals surface area (Å²) in [6.45, 7) is -0.0484. The molecule has 1 fully saturated rings. The molecule has 9 heteroatoms. The fourth-order valence-electron chi connectivity index (χ4n) is 0.790. The van der Waals surface area contributed by atoms with E-state index in [2.05, 4.69) is 20.8 Å². The van der Waals surface area contributed by atoms with Crippen LogP contribution in [0.1, 0.15) is 6.42 Å². The molecule has 1 aliphatic heterocycles. The highest BCUT2D eigenvalue weighted by molar-refractivity contribution is 9.10. The minimum Gasteiger partial charge on any atom is -0.261 e. The molecular formula is C3H4BrN3O5. The fraction of sp³-hybridized carbons (Fsp3) is 1.00. The molecule has 1 unspecified atom stereocenters. The lowest BCUT2D eigenvalue weighted by molar-refractivity contribution is -0.790. The first-order valence-corrected chi connectivity index (χ1v) is 3.68. The summed E-state index contributed by atoms with van der Waals surface area (Å²) in [4.78, 5) is 24.2. The van der Waals surface area contributed by atoms with Crippen LogP contribution in [-0.4, -0.2) is 26.3 Å². The number of hydrazine groups is 1. The first-order valence-electron chi connectivity index (χ1n) is 2.89. The number of hydroxylamine groups is 1. The molecule has 1 saturated heterocycles. The average molecular weight is 242 g/mol. The SMILES string of the molecule is O=[N+]([O-])N1OCCC1(Br)[N+](=O)[O-]. The van der Waals surface area contributed by atoms with E-state index >= 15 is 0 Å². The van der Waals surface area contributed by atoms with E-state index in [0.29, 0.717) is 0 Å². The maximum absolute atomic E-state index is 10.4. The Morgan fingerprint density at radius 2 is 2.08 bits per heavy atom. The molecule has 0 spiro atoms. The Bertz CT molecular complexity index is 234. The number of hydrogen-bond donors (Lipinski definition) is 0. The number of nitro groups is 2. The van der Waals surface area contributed by atoms with Crippen molar-refractivity contribution in [1.82, 2.24) is 5.17 Å². The maximum atomic E-state index is 10.4. The van der Waals surface area contributed by atoms with Gasteiger partial charge in [0.15, 0.2) is 5.03 Å². The van der Waals surface area contributed by atoms with Crippen molar-refractivity contribution in [2.75, 3.05) is 6.61 Å². The Labute approximate surface area is 74.4 Å². The normalized spacial score (nSPS) is 28.9. The third kappa shape index (κ3) is 1.20. The first-order chi connectivity index (χ1) is 5.48. The second-order valence-corrected chi connectivity index (χ2v) is 3.34. The van der Waals surface area contributed by atoms with E-state index in [1.165, 1.54) is 0 Å². The van der Waals surface area contributed by atoms with Crippen molar-refractivity contribution < 1.29 is 14.8 Å². The van der Waals surface area contributed by atoms with E-state index in [0.717, 1.165) is 0 Å². The predicted molar refractivity (Wildman–Crippen MR) is 38.1 cm³/mol. The van der Waals surface area contributed by atoms with Gasteiger partial charge in [-0.2, -0.15) is 0 Å². The third-order valence-corrected chi connectivity index (χ3v) is 2.34. The standard InChI is InChI=1S/C3H4BrN3O5/c4-3(6(8)9)1-2-12-5(3)7(10)11/h1-2H2. The Morgan fingerprint density at radius 3 is 2.42 bits per heavy atom. The summed E-state index contributed by atoms with van der Waals surface area (Å²) in [6.07, 6.45) is -0.0685. The van der Waals surface area contributed by atoms with Gasteiger partial charge in [0.2, 0.25) is 0 Å². The van der Waals surface area contributed by atoms with Crippen LogP contribution in [0.25, 0.3) is 0 Å². The molecule has 1 heterocycles. The quantitative estimate of drug-likeness (QED) is 0.295. The molecule has 1 atom stereocenters. The van der Waals surface area contributed by atoms with Gasteiger partial charge in [-0.25, -0.2) is 15.0 Å². The van der Waals surface area contributed by atoms with Crippen molar-refractivity contribution in [3.63, 3.8) is 0 Å². The lowest BCUT2D eigenvalue weighted by Gasteiger charge is -2.13. The van der Waals surface area contributed by atoms with Crippen LogP contribution in [0, 0.1) is 20.2 Å². The highest BCUT2D eigenvalue weighted by atomic mass is 79.9. The molecule has 0 bridgehead atoms. The molecule has 68 valence electrons. The Kier molecular flexibility index (Phi) is 2.15. The summed E-state index contributed by atoms with van der Waals surface area (Å²) in [5, 5.41) is 19.7. The highest BCUT2D eigenvalue weighted by Crippen LogP contribution is 2.33. The summed E-state index contributed by atoms with van der Waals surface area (Å²) in [7, 11) is 0. The zero-order valence-electron chi connectivity index (χ0n) is 5.68. The molecule has 0 N–H and O–H groups in total. The molecule has 0 aromatic heterocycles. The van der Waals surface area contributed by atoms with Crippen molar-refractivity contribution in [1.29, 1.82) is 0 Å². The Hall–Kier alpha value is -0.960. The van der Waals surface area contributed by atoms with E-state index in [1.54, 1.807) is 0 Å². The van der Waals surface area contributed by atoms with Gasteiger partial charge in [0, 0.05) is 15.9 Å². The molecule has 12 heavy (non-hydrogen) atoms. The van der Waals surface area contributed by atoms with Crippen molar-refractivity contribution >= 4 is 15.9 Å². The van der Waals surface area contributed by atoms with Crippen LogP contribution in [0.5, 0.6) is 0 Å².